The number of nitrogen functional groups attached to an aromatic ring is 1. The average Bonchev–Trinajstić information content (AvgIpc) is 2.67. The fourth-order valence-electron chi connectivity index (χ4n) is 1.72. The molecule has 1 aliphatic rings. The number of rotatable bonds is 3. The van der Waals surface area contributed by atoms with E-state index in [0.717, 1.165) is 6.07 Å². The molecule has 1 fully saturated rings. The molecule has 6 nitrogen and oxygen atoms in total. The first-order valence-electron chi connectivity index (χ1n) is 5.23. The van der Waals surface area contributed by atoms with Gasteiger partial charge in [0.2, 0.25) is 15.9 Å². The standard InChI is InChI=1S/C10H12FN3O3S/c11-7-2-1-3-8(10(7)12)18(16,17)14-6-4-9(15)13-5-6/h1-3,6,14H,4-5,12H2,(H,13,15). The number of nitrogens with one attached hydrogen (secondary N) is 2. The van der Waals surface area contributed by atoms with Crippen LogP contribution in [0.25, 0.3) is 0 Å². The lowest BCUT2D eigenvalue weighted by Gasteiger charge is -2.12. The number of hydrogen-bond acceptors (Lipinski definition) is 4. The van der Waals surface area contributed by atoms with Crippen LogP contribution in [0, 0.1) is 5.82 Å². The van der Waals surface area contributed by atoms with Crippen molar-refractivity contribution in [2.75, 3.05) is 12.3 Å². The number of benzene rings is 1. The number of para-hydroxylation sites is 1. The molecular weight excluding hydrogens is 261 g/mol. The van der Waals surface area contributed by atoms with Crippen molar-refractivity contribution in [1.29, 1.82) is 0 Å². The molecule has 1 aromatic carbocycles. The minimum atomic E-state index is -3.93. The van der Waals surface area contributed by atoms with Gasteiger partial charge in [-0.2, -0.15) is 0 Å². The van der Waals surface area contributed by atoms with Crippen LogP contribution in [0.15, 0.2) is 23.1 Å². The lowest BCUT2D eigenvalue weighted by molar-refractivity contribution is -0.119. The predicted molar refractivity (Wildman–Crippen MR) is 62.5 cm³/mol. The van der Waals surface area contributed by atoms with E-state index >= 15 is 0 Å². The lowest BCUT2D eigenvalue weighted by atomic mass is 10.3. The van der Waals surface area contributed by atoms with Crippen LogP contribution >= 0.6 is 0 Å². The Balaban J connectivity index is 2.26. The number of sulfonamides is 1. The molecule has 0 bridgehead atoms. The molecule has 1 aliphatic heterocycles. The first-order valence-corrected chi connectivity index (χ1v) is 6.71. The number of nitrogens with two attached hydrogens (primary N) is 1. The molecule has 1 heterocycles. The van der Waals surface area contributed by atoms with E-state index in [0.29, 0.717) is 0 Å². The van der Waals surface area contributed by atoms with Gasteiger partial charge < -0.3 is 11.1 Å². The van der Waals surface area contributed by atoms with Gasteiger partial charge in [0.1, 0.15) is 10.7 Å². The monoisotopic (exact) mass is 273 g/mol. The second kappa shape index (κ2) is 4.54. The first kappa shape index (κ1) is 12.8. The molecule has 18 heavy (non-hydrogen) atoms. The summed E-state index contributed by atoms with van der Waals surface area (Å²) in [4.78, 5) is 10.6. The van der Waals surface area contributed by atoms with E-state index in [-0.39, 0.29) is 23.8 Å². The number of halogens is 1. The largest absolute Gasteiger partial charge is 0.395 e. The van der Waals surface area contributed by atoms with Crippen molar-refractivity contribution >= 4 is 21.6 Å². The summed E-state index contributed by atoms with van der Waals surface area (Å²) < 4.78 is 39.5. The number of anilines is 1. The number of carbonyl (C=O) groups is 1. The molecule has 1 atom stereocenters. The highest BCUT2D eigenvalue weighted by molar-refractivity contribution is 7.89. The molecule has 8 heteroatoms. The minimum absolute atomic E-state index is 0.0639. The molecule has 2 rings (SSSR count). The Hall–Kier alpha value is -1.67. The summed E-state index contributed by atoms with van der Waals surface area (Å²) >= 11 is 0. The van der Waals surface area contributed by atoms with Crippen LogP contribution in [0.1, 0.15) is 6.42 Å². The van der Waals surface area contributed by atoms with Gasteiger partial charge in [0.15, 0.2) is 0 Å². The molecule has 0 radical (unpaired) electrons. The molecule has 4 N–H and O–H groups in total. The molecular formula is C10H12FN3O3S. The van der Waals surface area contributed by atoms with Crippen LogP contribution in [0.3, 0.4) is 0 Å². The van der Waals surface area contributed by atoms with Gasteiger partial charge in [-0.3, -0.25) is 4.79 Å². The highest BCUT2D eigenvalue weighted by Crippen LogP contribution is 2.21. The van der Waals surface area contributed by atoms with Crippen LogP contribution in [-0.4, -0.2) is 26.9 Å². The Labute approximate surface area is 103 Å². The van der Waals surface area contributed by atoms with E-state index in [1.54, 1.807) is 0 Å². The van der Waals surface area contributed by atoms with Crippen LogP contribution in [-0.2, 0) is 14.8 Å². The summed E-state index contributed by atoms with van der Waals surface area (Å²) in [5, 5.41) is 2.50. The van der Waals surface area contributed by atoms with Crippen LogP contribution < -0.4 is 15.8 Å². The summed E-state index contributed by atoms with van der Waals surface area (Å²) in [6.07, 6.45) is 0.0639. The van der Waals surface area contributed by atoms with E-state index in [4.69, 9.17) is 5.73 Å². The first-order chi connectivity index (χ1) is 8.40. The number of amides is 1. The molecule has 1 saturated heterocycles. The lowest BCUT2D eigenvalue weighted by Crippen LogP contribution is -2.36. The quantitative estimate of drug-likeness (QED) is 0.651. The maximum Gasteiger partial charge on any atom is 0.243 e. The van der Waals surface area contributed by atoms with Gasteiger partial charge in [-0.25, -0.2) is 17.5 Å². The smallest absolute Gasteiger partial charge is 0.243 e. The molecule has 1 unspecified atom stereocenters. The van der Waals surface area contributed by atoms with Crippen molar-refractivity contribution in [2.24, 2.45) is 0 Å². The van der Waals surface area contributed by atoms with Gasteiger partial charge in [-0.15, -0.1) is 0 Å². The predicted octanol–water partition coefficient (Wildman–Crippen LogP) is -0.425. The summed E-state index contributed by atoms with van der Waals surface area (Å²) in [5.74, 6) is -1.02. The maximum absolute atomic E-state index is 13.2. The Kier molecular flexibility index (Phi) is 3.22. The third-order valence-electron chi connectivity index (χ3n) is 2.60. The van der Waals surface area contributed by atoms with Gasteiger partial charge in [0.05, 0.1) is 5.69 Å². The van der Waals surface area contributed by atoms with Gasteiger partial charge >= 0.3 is 0 Å². The van der Waals surface area contributed by atoms with Gasteiger partial charge in [-0.05, 0) is 12.1 Å². The van der Waals surface area contributed by atoms with Crippen molar-refractivity contribution in [3.05, 3.63) is 24.0 Å². The summed E-state index contributed by atoms with van der Waals surface area (Å²) in [5.41, 5.74) is 4.97. The van der Waals surface area contributed by atoms with Gasteiger partial charge in [0, 0.05) is 19.0 Å². The number of carbonyl (C=O) groups excluding carboxylic acids is 1. The number of hydrogen-bond donors (Lipinski definition) is 3. The molecule has 1 amide bonds. The average molecular weight is 273 g/mol. The van der Waals surface area contributed by atoms with Crippen LogP contribution in [0.5, 0.6) is 0 Å². The van der Waals surface area contributed by atoms with Crippen molar-refractivity contribution in [2.45, 2.75) is 17.4 Å². The zero-order valence-electron chi connectivity index (χ0n) is 9.31. The zero-order chi connectivity index (χ0) is 13.3. The van der Waals surface area contributed by atoms with E-state index in [1.165, 1.54) is 12.1 Å². The summed E-state index contributed by atoms with van der Waals surface area (Å²) in [6.45, 7) is 0.216. The highest BCUT2D eigenvalue weighted by Gasteiger charge is 2.28. The fourth-order valence-corrected chi connectivity index (χ4v) is 3.10. The molecule has 98 valence electrons. The Morgan fingerprint density at radius 3 is 2.78 bits per heavy atom. The van der Waals surface area contributed by atoms with E-state index < -0.39 is 27.6 Å². The summed E-state index contributed by atoms with van der Waals surface area (Å²) in [7, 11) is -3.93. The minimum Gasteiger partial charge on any atom is -0.395 e. The molecule has 1 aromatic rings. The molecule has 0 aliphatic carbocycles. The van der Waals surface area contributed by atoms with Crippen LogP contribution in [0.4, 0.5) is 10.1 Å². The van der Waals surface area contributed by atoms with Crippen molar-refractivity contribution in [1.82, 2.24) is 10.0 Å². The second-order valence-electron chi connectivity index (χ2n) is 3.98. The zero-order valence-corrected chi connectivity index (χ0v) is 10.1. The van der Waals surface area contributed by atoms with Crippen molar-refractivity contribution in [3.63, 3.8) is 0 Å². The fraction of sp³-hybridized carbons (Fsp3) is 0.300. The normalized spacial score (nSPS) is 19.8. The Bertz CT molecular complexity index is 588. The van der Waals surface area contributed by atoms with Crippen molar-refractivity contribution < 1.29 is 17.6 Å². The molecule has 0 saturated carbocycles. The molecule has 0 aromatic heterocycles. The Morgan fingerprint density at radius 1 is 1.44 bits per heavy atom. The van der Waals surface area contributed by atoms with Gasteiger partial charge in [0.25, 0.3) is 0 Å². The Morgan fingerprint density at radius 2 is 2.17 bits per heavy atom. The third-order valence-corrected chi connectivity index (χ3v) is 4.18. The maximum atomic E-state index is 13.2. The second-order valence-corrected chi connectivity index (χ2v) is 5.66. The third kappa shape index (κ3) is 2.44. The van der Waals surface area contributed by atoms with Crippen molar-refractivity contribution in [3.8, 4) is 0 Å². The summed E-state index contributed by atoms with van der Waals surface area (Å²) in [6, 6.07) is 3.02. The molecule has 0 spiro atoms. The highest BCUT2D eigenvalue weighted by atomic mass is 32.2. The van der Waals surface area contributed by atoms with E-state index in [9.17, 15) is 17.6 Å². The SMILES string of the molecule is Nc1c(F)cccc1S(=O)(=O)NC1CNC(=O)C1. The van der Waals surface area contributed by atoms with E-state index in [2.05, 4.69) is 10.0 Å². The van der Waals surface area contributed by atoms with E-state index in [1.807, 2.05) is 0 Å². The van der Waals surface area contributed by atoms with Gasteiger partial charge in [-0.1, -0.05) is 6.07 Å². The topological polar surface area (TPSA) is 101 Å². The van der Waals surface area contributed by atoms with Crippen LogP contribution in [0.2, 0.25) is 0 Å².